The molecule has 0 amide bonds. The van der Waals surface area contributed by atoms with Crippen LogP contribution in [0.1, 0.15) is 13.3 Å². The first-order chi connectivity index (χ1) is 7.38. The lowest BCUT2D eigenvalue weighted by atomic mass is 10.3. The topological polar surface area (TPSA) is 116 Å². The minimum absolute atomic E-state index is 0.0884. The van der Waals surface area contributed by atoms with Crippen LogP contribution in [0.2, 0.25) is 0 Å². The van der Waals surface area contributed by atoms with Gasteiger partial charge in [-0.25, -0.2) is 8.42 Å². The van der Waals surface area contributed by atoms with E-state index in [0.717, 1.165) is 0 Å². The monoisotopic (exact) mass is 250 g/mol. The third-order valence-corrected chi connectivity index (χ3v) is 3.63. The Morgan fingerprint density at radius 1 is 1.62 bits per heavy atom. The van der Waals surface area contributed by atoms with E-state index in [1.54, 1.807) is 6.07 Å². The summed E-state index contributed by atoms with van der Waals surface area (Å²) < 4.78 is 29.5. The maximum absolute atomic E-state index is 11.5. The minimum atomic E-state index is -3.96. The van der Waals surface area contributed by atoms with E-state index in [2.05, 4.69) is 4.74 Å². The number of aliphatic carboxylic acids is 1. The normalized spacial score (nSPS) is 15.1. The molecule has 0 aromatic carbocycles. The predicted molar refractivity (Wildman–Crippen MR) is 55.0 cm³/mol. The van der Waals surface area contributed by atoms with E-state index in [1.165, 1.54) is 14.0 Å². The number of ether oxygens (including phenoxy) is 1. The zero-order valence-electron chi connectivity index (χ0n) is 9.00. The number of carboxylic acid groups (broad SMARTS) is 1. The number of nitriles is 1. The van der Waals surface area contributed by atoms with E-state index >= 15 is 0 Å². The average molecular weight is 250 g/mol. The molecule has 8 heteroatoms. The first-order valence-electron chi connectivity index (χ1n) is 4.51. The van der Waals surface area contributed by atoms with Gasteiger partial charge in [0.15, 0.2) is 5.25 Å². The van der Waals surface area contributed by atoms with Crippen LogP contribution in [-0.2, 0) is 19.6 Å². The van der Waals surface area contributed by atoms with Crippen LogP contribution in [-0.4, -0.2) is 44.5 Å². The Labute approximate surface area is 94.1 Å². The Balaban J connectivity index is 4.80. The summed E-state index contributed by atoms with van der Waals surface area (Å²) in [4.78, 5) is 10.7. The van der Waals surface area contributed by atoms with Crippen LogP contribution in [0.4, 0.5) is 0 Å². The fourth-order valence-corrected chi connectivity index (χ4v) is 2.29. The van der Waals surface area contributed by atoms with Gasteiger partial charge in [-0.1, -0.05) is 6.92 Å². The molecule has 2 unspecified atom stereocenters. The van der Waals surface area contributed by atoms with Crippen molar-refractivity contribution in [1.82, 2.24) is 4.72 Å². The Morgan fingerprint density at radius 3 is 2.50 bits per heavy atom. The van der Waals surface area contributed by atoms with Crippen molar-refractivity contribution >= 4 is 16.0 Å². The molecular formula is C8H14N2O5S. The Kier molecular flexibility index (Phi) is 5.95. The first-order valence-corrected chi connectivity index (χ1v) is 6.06. The second-order valence-corrected chi connectivity index (χ2v) is 4.93. The van der Waals surface area contributed by atoms with E-state index in [1.807, 2.05) is 4.72 Å². The summed E-state index contributed by atoms with van der Waals surface area (Å²) in [5, 5.41) is 16.0. The second-order valence-electron chi connectivity index (χ2n) is 3.04. The molecular weight excluding hydrogens is 236 g/mol. The second kappa shape index (κ2) is 6.42. The van der Waals surface area contributed by atoms with Gasteiger partial charge in [-0.15, -0.1) is 0 Å². The van der Waals surface area contributed by atoms with Gasteiger partial charge >= 0.3 is 5.97 Å². The van der Waals surface area contributed by atoms with Gasteiger partial charge < -0.3 is 9.84 Å². The summed E-state index contributed by atoms with van der Waals surface area (Å²) >= 11 is 0. The molecule has 0 rings (SSSR count). The fourth-order valence-electron chi connectivity index (χ4n) is 0.983. The molecule has 0 aliphatic carbocycles. The zero-order valence-corrected chi connectivity index (χ0v) is 9.82. The number of sulfonamides is 1. The first kappa shape index (κ1) is 14.8. The van der Waals surface area contributed by atoms with Crippen molar-refractivity contribution in [1.29, 1.82) is 5.26 Å². The van der Waals surface area contributed by atoms with Gasteiger partial charge in [-0.3, -0.25) is 4.79 Å². The fraction of sp³-hybridized carbons (Fsp3) is 0.750. The molecule has 16 heavy (non-hydrogen) atoms. The minimum Gasteiger partial charge on any atom is -0.480 e. The van der Waals surface area contributed by atoms with E-state index < -0.39 is 27.3 Å². The van der Waals surface area contributed by atoms with Crippen molar-refractivity contribution in [2.24, 2.45) is 0 Å². The molecule has 0 spiro atoms. The van der Waals surface area contributed by atoms with Crippen LogP contribution >= 0.6 is 0 Å². The maximum Gasteiger partial charge on any atom is 0.324 e. The number of carbonyl (C=O) groups is 1. The van der Waals surface area contributed by atoms with E-state index in [4.69, 9.17) is 10.4 Å². The molecule has 92 valence electrons. The smallest absolute Gasteiger partial charge is 0.324 e. The summed E-state index contributed by atoms with van der Waals surface area (Å²) in [7, 11) is -2.71. The number of nitrogens with zero attached hydrogens (tertiary/aromatic N) is 1. The molecule has 2 atom stereocenters. The third kappa shape index (κ3) is 4.14. The summed E-state index contributed by atoms with van der Waals surface area (Å²) in [6.07, 6.45) is 0.0884. The van der Waals surface area contributed by atoms with Crippen LogP contribution < -0.4 is 4.72 Å². The maximum atomic E-state index is 11.5. The van der Waals surface area contributed by atoms with E-state index in [-0.39, 0.29) is 13.0 Å². The highest BCUT2D eigenvalue weighted by atomic mass is 32.2. The van der Waals surface area contributed by atoms with Crippen molar-refractivity contribution in [3.05, 3.63) is 0 Å². The van der Waals surface area contributed by atoms with Crippen LogP contribution in [0.15, 0.2) is 0 Å². The summed E-state index contributed by atoms with van der Waals surface area (Å²) in [6.45, 7) is 1.23. The van der Waals surface area contributed by atoms with Gasteiger partial charge in [-0.2, -0.15) is 9.98 Å². The highest BCUT2D eigenvalue weighted by molar-refractivity contribution is 7.90. The van der Waals surface area contributed by atoms with Gasteiger partial charge in [-0.05, 0) is 6.42 Å². The van der Waals surface area contributed by atoms with Crippen LogP contribution in [0.5, 0.6) is 0 Å². The van der Waals surface area contributed by atoms with Crippen molar-refractivity contribution in [3.63, 3.8) is 0 Å². The molecule has 0 radical (unpaired) electrons. The lowest BCUT2D eigenvalue weighted by Crippen LogP contribution is -2.47. The van der Waals surface area contributed by atoms with Gasteiger partial charge in [0.05, 0.1) is 12.7 Å². The van der Waals surface area contributed by atoms with Gasteiger partial charge in [0.2, 0.25) is 10.0 Å². The summed E-state index contributed by atoms with van der Waals surface area (Å²) in [6, 6.07) is 0.217. The van der Waals surface area contributed by atoms with Gasteiger partial charge in [0.25, 0.3) is 0 Å². The molecule has 0 aliphatic heterocycles. The number of hydrogen-bond acceptors (Lipinski definition) is 5. The lowest BCUT2D eigenvalue weighted by molar-refractivity contribution is -0.140. The molecule has 0 heterocycles. The van der Waals surface area contributed by atoms with Crippen LogP contribution in [0.3, 0.4) is 0 Å². The molecule has 0 fully saturated rings. The quantitative estimate of drug-likeness (QED) is 0.617. The van der Waals surface area contributed by atoms with Crippen molar-refractivity contribution in [3.8, 4) is 6.07 Å². The Bertz CT molecular complexity index is 372. The van der Waals surface area contributed by atoms with Crippen LogP contribution in [0, 0.1) is 11.3 Å². The number of hydrogen-bond donors (Lipinski definition) is 2. The predicted octanol–water partition coefficient (Wildman–Crippen LogP) is -0.692. The lowest BCUT2D eigenvalue weighted by Gasteiger charge is -2.15. The third-order valence-electron chi connectivity index (χ3n) is 1.83. The Hall–Kier alpha value is -1.17. The summed E-state index contributed by atoms with van der Waals surface area (Å²) in [5.41, 5.74) is 0. The molecule has 0 aromatic rings. The number of carboxylic acids is 1. The van der Waals surface area contributed by atoms with Crippen molar-refractivity contribution in [2.45, 2.75) is 24.6 Å². The summed E-state index contributed by atoms with van der Waals surface area (Å²) in [5.74, 6) is -1.35. The SMILES string of the molecule is CCC(C#N)S(=O)(=O)NC(COC)C(=O)O. The molecule has 7 nitrogen and oxygen atoms in total. The number of rotatable bonds is 7. The van der Waals surface area contributed by atoms with E-state index in [0.29, 0.717) is 0 Å². The van der Waals surface area contributed by atoms with Gasteiger partial charge in [0, 0.05) is 7.11 Å². The largest absolute Gasteiger partial charge is 0.480 e. The molecule has 0 aromatic heterocycles. The number of methoxy groups -OCH3 is 1. The molecule has 0 saturated carbocycles. The molecule has 0 saturated heterocycles. The van der Waals surface area contributed by atoms with Crippen LogP contribution in [0.25, 0.3) is 0 Å². The van der Waals surface area contributed by atoms with Crippen molar-refractivity contribution in [2.75, 3.05) is 13.7 Å². The highest BCUT2D eigenvalue weighted by Gasteiger charge is 2.29. The van der Waals surface area contributed by atoms with Crippen molar-refractivity contribution < 1.29 is 23.1 Å². The zero-order chi connectivity index (χ0) is 12.8. The molecule has 0 aliphatic rings. The molecule has 2 N–H and O–H groups in total. The van der Waals surface area contributed by atoms with E-state index in [9.17, 15) is 13.2 Å². The Morgan fingerprint density at radius 2 is 2.19 bits per heavy atom. The molecule has 0 bridgehead atoms. The average Bonchev–Trinajstić information content (AvgIpc) is 2.18. The number of nitrogens with one attached hydrogen (secondary N) is 1. The van der Waals surface area contributed by atoms with Gasteiger partial charge in [0.1, 0.15) is 6.04 Å². The standard InChI is InChI=1S/C8H14N2O5S/c1-3-6(4-9)16(13,14)10-7(5-15-2)8(11)12/h6-7,10H,3,5H2,1-2H3,(H,11,12). The highest BCUT2D eigenvalue weighted by Crippen LogP contribution is 2.04.